The molecule has 2 nitrogen and oxygen atoms in total. The SMILES string of the molecule is CCCCC1CCC(C(N)c2ccc(OC)c(C)c2)CC1. The molecule has 1 aromatic rings. The fourth-order valence-corrected chi connectivity index (χ4v) is 3.71. The molecule has 2 rings (SSSR count). The van der Waals surface area contributed by atoms with Crippen molar-refractivity contribution in [3.05, 3.63) is 29.3 Å². The van der Waals surface area contributed by atoms with Crippen LogP contribution in [0.4, 0.5) is 0 Å². The molecule has 0 aliphatic heterocycles. The Kier molecular flexibility index (Phi) is 6.10. The van der Waals surface area contributed by atoms with Crippen molar-refractivity contribution in [2.45, 2.75) is 64.8 Å². The molecular formula is C19H31NO. The summed E-state index contributed by atoms with van der Waals surface area (Å²) in [4.78, 5) is 0. The molecule has 1 atom stereocenters. The molecule has 2 N–H and O–H groups in total. The van der Waals surface area contributed by atoms with E-state index in [0.717, 1.165) is 11.7 Å². The Morgan fingerprint density at radius 3 is 2.52 bits per heavy atom. The second-order valence-corrected chi connectivity index (χ2v) is 6.68. The number of benzene rings is 1. The molecule has 0 bridgehead atoms. The zero-order valence-electron chi connectivity index (χ0n) is 13.9. The standard InChI is InChI=1S/C19H31NO/c1-4-5-6-15-7-9-16(10-8-15)19(20)17-11-12-18(21-3)14(2)13-17/h11-13,15-16,19H,4-10,20H2,1-3H3. The Morgan fingerprint density at radius 1 is 1.24 bits per heavy atom. The lowest BCUT2D eigenvalue weighted by atomic mass is 9.75. The number of nitrogens with two attached hydrogens (primary N) is 1. The molecule has 0 heterocycles. The van der Waals surface area contributed by atoms with Gasteiger partial charge in [-0.1, -0.05) is 51.2 Å². The van der Waals surface area contributed by atoms with Crippen LogP contribution in [0.2, 0.25) is 0 Å². The minimum Gasteiger partial charge on any atom is -0.496 e. The highest BCUT2D eigenvalue weighted by Gasteiger charge is 2.26. The third-order valence-corrected chi connectivity index (χ3v) is 5.17. The highest BCUT2D eigenvalue weighted by molar-refractivity contribution is 5.37. The zero-order valence-corrected chi connectivity index (χ0v) is 13.9. The van der Waals surface area contributed by atoms with Gasteiger partial charge in [-0.2, -0.15) is 0 Å². The predicted octanol–water partition coefficient (Wildman–Crippen LogP) is 5.00. The van der Waals surface area contributed by atoms with Gasteiger partial charge >= 0.3 is 0 Å². The molecule has 118 valence electrons. The first-order valence-corrected chi connectivity index (χ1v) is 8.55. The van der Waals surface area contributed by atoms with Crippen LogP contribution >= 0.6 is 0 Å². The van der Waals surface area contributed by atoms with Crippen molar-refractivity contribution >= 4 is 0 Å². The highest BCUT2D eigenvalue weighted by Crippen LogP contribution is 2.38. The lowest BCUT2D eigenvalue weighted by Crippen LogP contribution is -2.26. The van der Waals surface area contributed by atoms with Crippen molar-refractivity contribution in [2.75, 3.05) is 7.11 Å². The van der Waals surface area contributed by atoms with Crippen LogP contribution in [0.15, 0.2) is 18.2 Å². The summed E-state index contributed by atoms with van der Waals surface area (Å²) in [6.45, 7) is 4.38. The van der Waals surface area contributed by atoms with Gasteiger partial charge in [-0.25, -0.2) is 0 Å². The number of methoxy groups -OCH3 is 1. The van der Waals surface area contributed by atoms with Crippen molar-refractivity contribution in [2.24, 2.45) is 17.6 Å². The van der Waals surface area contributed by atoms with E-state index in [0.29, 0.717) is 5.92 Å². The number of unbranched alkanes of at least 4 members (excludes halogenated alkanes) is 1. The van der Waals surface area contributed by atoms with E-state index < -0.39 is 0 Å². The van der Waals surface area contributed by atoms with Gasteiger partial charge in [0.05, 0.1) is 7.11 Å². The molecule has 2 heteroatoms. The van der Waals surface area contributed by atoms with E-state index in [-0.39, 0.29) is 6.04 Å². The van der Waals surface area contributed by atoms with Crippen molar-refractivity contribution < 1.29 is 4.74 Å². The summed E-state index contributed by atoms with van der Waals surface area (Å²) in [6.07, 6.45) is 9.45. The third-order valence-electron chi connectivity index (χ3n) is 5.17. The maximum absolute atomic E-state index is 6.53. The summed E-state index contributed by atoms with van der Waals surface area (Å²) in [5.41, 5.74) is 8.99. The lowest BCUT2D eigenvalue weighted by molar-refractivity contribution is 0.232. The topological polar surface area (TPSA) is 35.2 Å². The van der Waals surface area contributed by atoms with Crippen LogP contribution in [0.5, 0.6) is 5.75 Å². The molecule has 0 radical (unpaired) electrons. The van der Waals surface area contributed by atoms with Crippen LogP contribution in [0.25, 0.3) is 0 Å². The number of hydrogen-bond donors (Lipinski definition) is 1. The fraction of sp³-hybridized carbons (Fsp3) is 0.684. The van der Waals surface area contributed by atoms with Gasteiger partial charge < -0.3 is 10.5 Å². The summed E-state index contributed by atoms with van der Waals surface area (Å²) in [5.74, 6) is 2.55. The first kappa shape index (κ1) is 16.4. The largest absolute Gasteiger partial charge is 0.496 e. The maximum Gasteiger partial charge on any atom is 0.121 e. The van der Waals surface area contributed by atoms with Crippen LogP contribution in [0.3, 0.4) is 0 Å². The van der Waals surface area contributed by atoms with E-state index in [1.165, 1.54) is 56.1 Å². The summed E-state index contributed by atoms with van der Waals surface area (Å²) in [7, 11) is 1.72. The monoisotopic (exact) mass is 289 g/mol. The molecule has 1 saturated carbocycles. The molecule has 1 aromatic carbocycles. The molecule has 0 amide bonds. The molecule has 21 heavy (non-hydrogen) atoms. The van der Waals surface area contributed by atoms with Crippen molar-refractivity contribution in [3.8, 4) is 5.75 Å². The van der Waals surface area contributed by atoms with E-state index >= 15 is 0 Å². The van der Waals surface area contributed by atoms with Crippen LogP contribution in [-0.4, -0.2) is 7.11 Å². The molecular weight excluding hydrogens is 258 g/mol. The fourth-order valence-electron chi connectivity index (χ4n) is 3.71. The summed E-state index contributed by atoms with van der Waals surface area (Å²) >= 11 is 0. The summed E-state index contributed by atoms with van der Waals surface area (Å²) in [6, 6.07) is 6.57. The molecule has 1 fully saturated rings. The summed E-state index contributed by atoms with van der Waals surface area (Å²) in [5, 5.41) is 0. The molecule has 1 unspecified atom stereocenters. The van der Waals surface area contributed by atoms with Gasteiger partial charge in [0.25, 0.3) is 0 Å². The number of rotatable bonds is 6. The van der Waals surface area contributed by atoms with E-state index in [1.54, 1.807) is 7.11 Å². The highest BCUT2D eigenvalue weighted by atomic mass is 16.5. The molecule has 1 aliphatic carbocycles. The lowest BCUT2D eigenvalue weighted by Gasteiger charge is -2.32. The van der Waals surface area contributed by atoms with Crippen LogP contribution in [0.1, 0.15) is 69.0 Å². The van der Waals surface area contributed by atoms with Crippen LogP contribution in [-0.2, 0) is 0 Å². The Hall–Kier alpha value is -1.02. The first-order chi connectivity index (χ1) is 10.2. The van der Waals surface area contributed by atoms with E-state index in [2.05, 4.69) is 32.0 Å². The van der Waals surface area contributed by atoms with Gasteiger partial charge in [-0.05, 0) is 48.8 Å². The van der Waals surface area contributed by atoms with Gasteiger partial charge in [-0.15, -0.1) is 0 Å². The second-order valence-electron chi connectivity index (χ2n) is 6.68. The average Bonchev–Trinajstić information content (AvgIpc) is 2.52. The number of aryl methyl sites for hydroxylation is 1. The number of ether oxygens (including phenoxy) is 1. The quantitative estimate of drug-likeness (QED) is 0.799. The van der Waals surface area contributed by atoms with Crippen molar-refractivity contribution in [3.63, 3.8) is 0 Å². The van der Waals surface area contributed by atoms with Crippen LogP contribution < -0.4 is 10.5 Å². The second kappa shape index (κ2) is 7.84. The first-order valence-electron chi connectivity index (χ1n) is 8.55. The van der Waals surface area contributed by atoms with E-state index in [1.807, 2.05) is 0 Å². The molecule has 1 aliphatic rings. The Balaban J connectivity index is 1.92. The smallest absolute Gasteiger partial charge is 0.121 e. The van der Waals surface area contributed by atoms with E-state index in [4.69, 9.17) is 10.5 Å². The molecule has 0 spiro atoms. The summed E-state index contributed by atoms with van der Waals surface area (Å²) < 4.78 is 5.34. The predicted molar refractivity (Wildman–Crippen MR) is 89.6 cm³/mol. The van der Waals surface area contributed by atoms with E-state index in [9.17, 15) is 0 Å². The average molecular weight is 289 g/mol. The molecule has 0 aromatic heterocycles. The zero-order chi connectivity index (χ0) is 15.2. The Morgan fingerprint density at radius 2 is 1.95 bits per heavy atom. The third kappa shape index (κ3) is 4.23. The normalized spacial score (nSPS) is 23.8. The minimum atomic E-state index is 0.182. The van der Waals surface area contributed by atoms with Crippen molar-refractivity contribution in [1.82, 2.24) is 0 Å². The Bertz CT molecular complexity index is 435. The number of hydrogen-bond acceptors (Lipinski definition) is 2. The minimum absolute atomic E-state index is 0.182. The van der Waals surface area contributed by atoms with Gasteiger partial charge in [0.1, 0.15) is 5.75 Å². The van der Waals surface area contributed by atoms with Crippen LogP contribution in [0, 0.1) is 18.8 Å². The van der Waals surface area contributed by atoms with Gasteiger partial charge in [-0.3, -0.25) is 0 Å². The van der Waals surface area contributed by atoms with Gasteiger partial charge in [0.15, 0.2) is 0 Å². The Labute approximate surface area is 130 Å². The maximum atomic E-state index is 6.53. The molecule has 0 saturated heterocycles. The van der Waals surface area contributed by atoms with Gasteiger partial charge in [0, 0.05) is 6.04 Å². The van der Waals surface area contributed by atoms with Crippen molar-refractivity contribution in [1.29, 1.82) is 0 Å². The van der Waals surface area contributed by atoms with Gasteiger partial charge in [0.2, 0.25) is 0 Å².